The predicted molar refractivity (Wildman–Crippen MR) is 60.4 cm³/mol. The fraction of sp³-hybridized carbons (Fsp3) is 0.667. The first kappa shape index (κ1) is 21.9. The van der Waals surface area contributed by atoms with E-state index in [1.54, 1.807) is 0 Å². The van der Waals surface area contributed by atoms with Gasteiger partial charge in [0.25, 0.3) is 0 Å². The van der Waals surface area contributed by atoms with E-state index in [-0.39, 0.29) is 10.7 Å². The first-order valence-corrected chi connectivity index (χ1v) is 5.86. The number of carbonyl (C=O) groups is 1. The standard InChI is InChI=1S/C6H14N4O2.FH2O3P.FH/c7-4(5(11)12)2-1-3-10-6(8)9;1-5(2,3)4;/h4H,1-3,7H2,(H,11,12)(H4,8,9,10);(H2,2,3,4);1H. The van der Waals surface area contributed by atoms with Crippen molar-refractivity contribution in [2.24, 2.45) is 11.5 Å². The van der Waals surface area contributed by atoms with Crippen molar-refractivity contribution < 1.29 is 33.2 Å². The second-order valence-corrected chi connectivity index (χ2v) is 3.85. The monoisotopic (exact) mass is 294 g/mol. The molecular weight excluding hydrogens is 277 g/mol. The van der Waals surface area contributed by atoms with Gasteiger partial charge >= 0.3 is 13.9 Å². The molecule has 1 unspecified atom stereocenters. The Bertz CT molecular complexity index is 291. The smallest absolute Gasteiger partial charge is 0.480 e. The second-order valence-electron chi connectivity index (χ2n) is 2.90. The number of halogens is 2. The van der Waals surface area contributed by atoms with Crippen LogP contribution in [0.2, 0.25) is 0 Å². The molecule has 0 aliphatic heterocycles. The number of nitrogens with two attached hydrogens (primary N) is 2. The third-order valence-electron chi connectivity index (χ3n) is 1.32. The molecule has 18 heavy (non-hydrogen) atoms. The van der Waals surface area contributed by atoms with Crippen LogP contribution < -0.4 is 16.8 Å². The third kappa shape index (κ3) is 29.3. The predicted octanol–water partition coefficient (Wildman–Crippen LogP) is -1.14. The van der Waals surface area contributed by atoms with Gasteiger partial charge in [-0.1, -0.05) is 0 Å². The van der Waals surface area contributed by atoms with Crippen LogP contribution in [0.1, 0.15) is 12.8 Å². The molecule has 0 aromatic rings. The van der Waals surface area contributed by atoms with Crippen LogP contribution in [0.4, 0.5) is 8.90 Å². The second kappa shape index (κ2) is 10.8. The van der Waals surface area contributed by atoms with Gasteiger partial charge in [0.2, 0.25) is 0 Å². The zero-order valence-corrected chi connectivity index (χ0v) is 10.1. The normalized spacial score (nSPS) is 11.3. The highest BCUT2D eigenvalue weighted by molar-refractivity contribution is 7.45. The van der Waals surface area contributed by atoms with Crippen molar-refractivity contribution in [3.05, 3.63) is 0 Å². The van der Waals surface area contributed by atoms with Gasteiger partial charge in [0.15, 0.2) is 5.96 Å². The van der Waals surface area contributed by atoms with E-state index in [4.69, 9.17) is 36.3 Å². The van der Waals surface area contributed by atoms with Gasteiger partial charge in [-0.2, -0.15) is 0 Å². The topological polar surface area (TPSA) is 183 Å². The number of rotatable bonds is 5. The molecule has 0 aliphatic carbocycles. The van der Waals surface area contributed by atoms with Gasteiger partial charge in [-0.3, -0.25) is 24.7 Å². The van der Waals surface area contributed by atoms with Crippen molar-refractivity contribution in [3.63, 3.8) is 0 Å². The molecule has 0 radical (unpaired) electrons. The molecule has 0 heterocycles. The fourth-order valence-electron chi connectivity index (χ4n) is 0.669. The van der Waals surface area contributed by atoms with Gasteiger partial charge < -0.3 is 21.9 Å². The number of carboxylic acids is 1. The average Bonchev–Trinajstić information content (AvgIpc) is 2.08. The summed E-state index contributed by atoms with van der Waals surface area (Å²) in [6, 6.07) is -0.821. The Labute approximate surface area is 102 Å². The molecule has 0 bridgehead atoms. The van der Waals surface area contributed by atoms with E-state index in [1.165, 1.54) is 0 Å². The largest absolute Gasteiger partial charge is 0.507 e. The molecule has 0 aromatic heterocycles. The van der Waals surface area contributed by atoms with E-state index in [0.29, 0.717) is 19.4 Å². The van der Waals surface area contributed by atoms with Gasteiger partial charge in [-0.15, -0.1) is 4.20 Å². The number of guanidine groups is 1. The Hall–Kier alpha value is -1.29. The van der Waals surface area contributed by atoms with Crippen molar-refractivity contribution in [2.75, 3.05) is 6.54 Å². The maximum atomic E-state index is 10.4. The number of hydrogen-bond donors (Lipinski definition) is 7. The van der Waals surface area contributed by atoms with Crippen molar-refractivity contribution >= 4 is 19.8 Å². The molecule has 0 aliphatic rings. The van der Waals surface area contributed by atoms with Crippen LogP contribution in [0.3, 0.4) is 0 Å². The van der Waals surface area contributed by atoms with E-state index in [0.717, 1.165) is 0 Å². The van der Waals surface area contributed by atoms with Crippen LogP contribution >= 0.6 is 7.91 Å². The Morgan fingerprint density at radius 2 is 1.89 bits per heavy atom. The Balaban J connectivity index is -0.000000321. The first-order chi connectivity index (χ1) is 7.54. The summed E-state index contributed by atoms with van der Waals surface area (Å²) in [5, 5.41) is 17.7. The highest BCUT2D eigenvalue weighted by atomic mass is 31.2. The minimum absolute atomic E-state index is 0. The highest BCUT2D eigenvalue weighted by Crippen LogP contribution is 2.34. The van der Waals surface area contributed by atoms with Gasteiger partial charge in [-0.25, -0.2) is 4.57 Å². The van der Waals surface area contributed by atoms with E-state index < -0.39 is 19.9 Å². The lowest BCUT2D eigenvalue weighted by Crippen LogP contribution is -2.34. The highest BCUT2D eigenvalue weighted by Gasteiger charge is 2.09. The number of nitrogens with one attached hydrogen (secondary N) is 2. The molecule has 110 valence electrons. The van der Waals surface area contributed by atoms with E-state index in [2.05, 4.69) is 5.32 Å². The zero-order chi connectivity index (χ0) is 14.1. The van der Waals surface area contributed by atoms with Crippen LogP contribution in [-0.2, 0) is 9.36 Å². The van der Waals surface area contributed by atoms with E-state index in [1.807, 2.05) is 0 Å². The van der Waals surface area contributed by atoms with Crippen molar-refractivity contribution in [2.45, 2.75) is 18.9 Å². The molecule has 9 N–H and O–H groups in total. The molecule has 0 spiro atoms. The lowest BCUT2D eigenvalue weighted by Gasteiger charge is -2.06. The molecule has 0 saturated heterocycles. The molecule has 9 nitrogen and oxygen atoms in total. The Morgan fingerprint density at radius 1 is 1.50 bits per heavy atom. The molecule has 0 rings (SSSR count). The average molecular weight is 294 g/mol. The summed E-state index contributed by atoms with van der Waals surface area (Å²) in [5.74, 6) is -1.11. The number of aliphatic carboxylic acids is 1. The van der Waals surface area contributed by atoms with Gasteiger partial charge in [0, 0.05) is 6.54 Å². The Kier molecular flexibility index (Phi) is 13.2. The zero-order valence-electron chi connectivity index (χ0n) is 9.24. The summed E-state index contributed by atoms with van der Waals surface area (Å²) in [6.45, 7) is 0.482. The molecular formula is C6H17F2N4O5P. The lowest BCUT2D eigenvalue weighted by atomic mass is 10.2. The van der Waals surface area contributed by atoms with Crippen LogP contribution in [0.25, 0.3) is 0 Å². The van der Waals surface area contributed by atoms with Gasteiger partial charge in [-0.05, 0) is 12.8 Å². The summed E-state index contributed by atoms with van der Waals surface area (Å²) in [4.78, 5) is 24.1. The Morgan fingerprint density at radius 3 is 2.17 bits per heavy atom. The van der Waals surface area contributed by atoms with Crippen LogP contribution in [0.15, 0.2) is 0 Å². The van der Waals surface area contributed by atoms with Crippen LogP contribution in [0.5, 0.6) is 0 Å². The van der Waals surface area contributed by atoms with Crippen molar-refractivity contribution in [3.8, 4) is 0 Å². The number of carboxylic acid groups (broad SMARTS) is 1. The third-order valence-corrected chi connectivity index (χ3v) is 1.32. The summed E-state index contributed by atoms with van der Waals surface area (Å²) in [7, 11) is -5.14. The maximum Gasteiger partial charge on any atom is 0.507 e. The summed E-state index contributed by atoms with van der Waals surface area (Å²) in [6.07, 6.45) is 0.975. The van der Waals surface area contributed by atoms with Crippen molar-refractivity contribution in [1.82, 2.24) is 5.32 Å². The van der Waals surface area contributed by atoms with Crippen LogP contribution in [0, 0.1) is 5.41 Å². The molecule has 0 amide bonds. The van der Waals surface area contributed by atoms with E-state index in [9.17, 15) is 8.99 Å². The van der Waals surface area contributed by atoms with Crippen molar-refractivity contribution in [1.29, 1.82) is 5.41 Å². The summed E-state index contributed by atoms with van der Waals surface area (Å²) < 4.78 is 19.0. The fourth-order valence-corrected chi connectivity index (χ4v) is 0.669. The minimum Gasteiger partial charge on any atom is -0.480 e. The maximum absolute atomic E-state index is 10.4. The van der Waals surface area contributed by atoms with E-state index >= 15 is 0 Å². The quantitative estimate of drug-likeness (QED) is 0.144. The van der Waals surface area contributed by atoms with Crippen LogP contribution in [-0.4, -0.2) is 39.4 Å². The molecule has 12 heteroatoms. The lowest BCUT2D eigenvalue weighted by molar-refractivity contribution is -0.138. The van der Waals surface area contributed by atoms with Gasteiger partial charge in [0.1, 0.15) is 6.04 Å². The van der Waals surface area contributed by atoms with Gasteiger partial charge in [0.05, 0.1) is 0 Å². The number of hydrogen-bond acceptors (Lipinski definition) is 4. The molecule has 0 saturated carbocycles. The minimum atomic E-state index is -5.14. The summed E-state index contributed by atoms with van der Waals surface area (Å²) >= 11 is 0. The SMILES string of the molecule is F.N=C(N)NCCCC(N)C(=O)O.O=P(O)(O)F. The molecule has 0 fully saturated rings. The summed E-state index contributed by atoms with van der Waals surface area (Å²) in [5.41, 5.74) is 10.2. The molecule has 1 atom stereocenters. The first-order valence-electron chi connectivity index (χ1n) is 4.35. The molecule has 0 aromatic carbocycles.